The molecule has 0 saturated carbocycles. The quantitative estimate of drug-likeness (QED) is 0.794. The standard InChI is InChI=1S/C12H13F2NO3S/c13-12(14)9-15-19(17,18)11-6-3-5-10(8-11)4-1-2-7-16/h3,5-6,8,12,15-16H,2,7,9H2. The van der Waals surface area contributed by atoms with Crippen LogP contribution in [-0.2, 0) is 10.0 Å². The summed E-state index contributed by atoms with van der Waals surface area (Å²) in [5.74, 6) is 5.32. The molecule has 0 aliphatic carbocycles. The first-order valence-corrected chi connectivity index (χ1v) is 6.91. The van der Waals surface area contributed by atoms with Crippen LogP contribution >= 0.6 is 0 Å². The predicted octanol–water partition coefficient (Wildman–Crippen LogP) is 0.964. The van der Waals surface area contributed by atoms with Gasteiger partial charge in [0.25, 0.3) is 6.43 Å². The van der Waals surface area contributed by atoms with E-state index in [4.69, 9.17) is 5.11 Å². The zero-order chi connectivity index (χ0) is 14.3. The lowest BCUT2D eigenvalue weighted by atomic mass is 10.2. The molecule has 2 N–H and O–H groups in total. The third kappa shape index (κ3) is 5.34. The minimum absolute atomic E-state index is 0.0824. The van der Waals surface area contributed by atoms with Gasteiger partial charge in [-0.05, 0) is 18.2 Å². The van der Waals surface area contributed by atoms with Crippen molar-refractivity contribution in [1.29, 1.82) is 0 Å². The van der Waals surface area contributed by atoms with Gasteiger partial charge in [-0.25, -0.2) is 21.9 Å². The molecule has 0 aromatic heterocycles. The van der Waals surface area contributed by atoms with Crippen LogP contribution in [0.25, 0.3) is 0 Å². The fraction of sp³-hybridized carbons (Fsp3) is 0.333. The van der Waals surface area contributed by atoms with Crippen LogP contribution in [0.5, 0.6) is 0 Å². The first-order chi connectivity index (χ1) is 8.95. The zero-order valence-electron chi connectivity index (χ0n) is 9.94. The molecule has 0 heterocycles. The van der Waals surface area contributed by atoms with Gasteiger partial charge in [0.05, 0.1) is 18.0 Å². The fourth-order valence-electron chi connectivity index (χ4n) is 1.22. The molecular weight excluding hydrogens is 276 g/mol. The molecule has 0 amide bonds. The molecule has 1 aromatic carbocycles. The molecule has 0 aliphatic rings. The van der Waals surface area contributed by atoms with E-state index in [-0.39, 0.29) is 17.9 Å². The molecule has 0 atom stereocenters. The molecule has 0 bridgehead atoms. The van der Waals surface area contributed by atoms with Crippen LogP contribution in [0.2, 0.25) is 0 Å². The van der Waals surface area contributed by atoms with E-state index in [9.17, 15) is 17.2 Å². The van der Waals surface area contributed by atoms with Crippen LogP contribution < -0.4 is 4.72 Å². The van der Waals surface area contributed by atoms with Crippen molar-refractivity contribution in [3.05, 3.63) is 29.8 Å². The van der Waals surface area contributed by atoms with E-state index in [1.54, 1.807) is 10.8 Å². The highest BCUT2D eigenvalue weighted by Gasteiger charge is 2.16. The molecule has 19 heavy (non-hydrogen) atoms. The minimum atomic E-state index is -3.96. The summed E-state index contributed by atoms with van der Waals surface area (Å²) in [6, 6.07) is 5.65. The molecule has 7 heteroatoms. The largest absolute Gasteiger partial charge is 0.395 e. The monoisotopic (exact) mass is 289 g/mol. The van der Waals surface area contributed by atoms with Crippen molar-refractivity contribution >= 4 is 10.0 Å². The van der Waals surface area contributed by atoms with Crippen molar-refractivity contribution in [3.63, 3.8) is 0 Å². The lowest BCUT2D eigenvalue weighted by Crippen LogP contribution is -2.28. The van der Waals surface area contributed by atoms with Gasteiger partial charge in [-0.2, -0.15) is 0 Å². The molecule has 0 spiro atoms. The molecule has 0 saturated heterocycles. The Balaban J connectivity index is 2.90. The lowest BCUT2D eigenvalue weighted by molar-refractivity contribution is 0.153. The van der Waals surface area contributed by atoms with Crippen molar-refractivity contribution in [2.45, 2.75) is 17.7 Å². The smallest absolute Gasteiger partial charge is 0.251 e. The van der Waals surface area contributed by atoms with Crippen LogP contribution in [-0.4, -0.2) is 33.1 Å². The molecule has 104 valence electrons. The summed E-state index contributed by atoms with van der Waals surface area (Å²) < 4.78 is 49.2. The number of hydrogen-bond donors (Lipinski definition) is 2. The number of aliphatic hydroxyl groups is 1. The number of aliphatic hydroxyl groups excluding tert-OH is 1. The maximum absolute atomic E-state index is 12.0. The Morgan fingerprint density at radius 2 is 2.11 bits per heavy atom. The van der Waals surface area contributed by atoms with Gasteiger partial charge in [0.15, 0.2) is 0 Å². The van der Waals surface area contributed by atoms with E-state index >= 15 is 0 Å². The SMILES string of the molecule is O=S(=O)(NCC(F)F)c1cccc(C#CCCO)c1. The predicted molar refractivity (Wildman–Crippen MR) is 66.2 cm³/mol. The average Bonchev–Trinajstić information content (AvgIpc) is 2.37. The highest BCUT2D eigenvalue weighted by atomic mass is 32.2. The molecule has 1 rings (SSSR count). The minimum Gasteiger partial charge on any atom is -0.395 e. The van der Waals surface area contributed by atoms with Crippen LogP contribution in [0.3, 0.4) is 0 Å². The second kappa shape index (κ2) is 7.19. The second-order valence-electron chi connectivity index (χ2n) is 3.55. The normalized spacial score (nSPS) is 11.2. The molecule has 0 radical (unpaired) electrons. The van der Waals surface area contributed by atoms with Gasteiger partial charge in [0.2, 0.25) is 10.0 Å². The van der Waals surface area contributed by atoms with Crippen LogP contribution in [0, 0.1) is 11.8 Å². The molecular formula is C12H13F2NO3S. The third-order valence-electron chi connectivity index (χ3n) is 2.04. The second-order valence-corrected chi connectivity index (χ2v) is 5.31. The fourth-order valence-corrected chi connectivity index (χ4v) is 2.27. The van der Waals surface area contributed by atoms with Crippen molar-refractivity contribution in [2.75, 3.05) is 13.2 Å². The van der Waals surface area contributed by atoms with Crippen molar-refractivity contribution in [3.8, 4) is 11.8 Å². The Hall–Kier alpha value is -1.49. The Labute approximate surface area is 110 Å². The number of hydrogen-bond acceptors (Lipinski definition) is 3. The topological polar surface area (TPSA) is 66.4 Å². The van der Waals surface area contributed by atoms with Gasteiger partial charge in [-0.1, -0.05) is 17.9 Å². The number of halogens is 2. The van der Waals surface area contributed by atoms with E-state index < -0.39 is 23.0 Å². The van der Waals surface area contributed by atoms with Crippen molar-refractivity contribution < 1.29 is 22.3 Å². The highest BCUT2D eigenvalue weighted by molar-refractivity contribution is 7.89. The molecule has 0 unspecified atom stereocenters. The Morgan fingerprint density at radius 1 is 1.37 bits per heavy atom. The van der Waals surface area contributed by atoms with Gasteiger partial charge in [-0.3, -0.25) is 0 Å². The Kier molecular flexibility index (Phi) is 5.89. The lowest BCUT2D eigenvalue weighted by Gasteiger charge is -2.06. The van der Waals surface area contributed by atoms with Gasteiger partial charge in [0.1, 0.15) is 0 Å². The third-order valence-corrected chi connectivity index (χ3v) is 3.46. The number of rotatable bonds is 5. The van der Waals surface area contributed by atoms with Crippen molar-refractivity contribution in [2.24, 2.45) is 0 Å². The molecule has 0 fully saturated rings. The summed E-state index contributed by atoms with van der Waals surface area (Å²) >= 11 is 0. The summed E-state index contributed by atoms with van der Waals surface area (Å²) in [4.78, 5) is -0.121. The van der Waals surface area contributed by atoms with E-state index in [0.29, 0.717) is 5.56 Å². The summed E-state index contributed by atoms with van der Waals surface area (Å²) in [6.45, 7) is -1.01. The van der Waals surface area contributed by atoms with Gasteiger partial charge < -0.3 is 5.11 Å². The van der Waals surface area contributed by atoms with E-state index in [1.165, 1.54) is 18.2 Å². The van der Waals surface area contributed by atoms with E-state index in [1.807, 2.05) is 0 Å². The zero-order valence-corrected chi connectivity index (χ0v) is 10.8. The highest BCUT2D eigenvalue weighted by Crippen LogP contribution is 2.11. The first kappa shape index (κ1) is 15.6. The van der Waals surface area contributed by atoms with Gasteiger partial charge in [0, 0.05) is 12.0 Å². The summed E-state index contributed by atoms with van der Waals surface area (Å²) in [5.41, 5.74) is 0.438. The molecule has 4 nitrogen and oxygen atoms in total. The van der Waals surface area contributed by atoms with Crippen LogP contribution in [0.1, 0.15) is 12.0 Å². The number of benzene rings is 1. The maximum Gasteiger partial charge on any atom is 0.251 e. The number of nitrogens with one attached hydrogen (secondary N) is 1. The number of alkyl halides is 2. The Bertz CT molecular complexity index is 576. The van der Waals surface area contributed by atoms with Gasteiger partial charge >= 0.3 is 0 Å². The van der Waals surface area contributed by atoms with E-state index in [0.717, 1.165) is 0 Å². The molecule has 0 aliphatic heterocycles. The van der Waals surface area contributed by atoms with E-state index in [2.05, 4.69) is 11.8 Å². The number of sulfonamides is 1. The van der Waals surface area contributed by atoms with Crippen LogP contribution in [0.4, 0.5) is 8.78 Å². The maximum atomic E-state index is 12.0. The van der Waals surface area contributed by atoms with Crippen LogP contribution in [0.15, 0.2) is 29.2 Å². The van der Waals surface area contributed by atoms with Gasteiger partial charge in [-0.15, -0.1) is 0 Å². The average molecular weight is 289 g/mol. The molecule has 1 aromatic rings. The van der Waals surface area contributed by atoms with Crippen molar-refractivity contribution in [1.82, 2.24) is 4.72 Å². The Morgan fingerprint density at radius 3 is 2.74 bits per heavy atom. The summed E-state index contributed by atoms with van der Waals surface area (Å²) in [5, 5.41) is 8.57. The first-order valence-electron chi connectivity index (χ1n) is 5.43. The summed E-state index contributed by atoms with van der Waals surface area (Å²) in [7, 11) is -3.96. The summed E-state index contributed by atoms with van der Waals surface area (Å²) in [6.07, 6.45) is -2.47.